The summed E-state index contributed by atoms with van der Waals surface area (Å²) in [6.45, 7) is 9.36. The molecule has 1 unspecified atom stereocenters. The number of rotatable bonds is 8. The van der Waals surface area contributed by atoms with E-state index in [-0.39, 0.29) is 0 Å². The van der Waals surface area contributed by atoms with E-state index in [0.717, 1.165) is 12.8 Å². The van der Waals surface area contributed by atoms with E-state index in [1.54, 1.807) is 5.92 Å². The van der Waals surface area contributed by atoms with Crippen LogP contribution < -0.4 is 0 Å². The largest absolute Gasteiger partial charge is 0.0651 e. The van der Waals surface area contributed by atoms with Gasteiger partial charge < -0.3 is 0 Å². The Balaban J connectivity index is 2.02. The summed E-state index contributed by atoms with van der Waals surface area (Å²) in [6.07, 6.45) is 3.20. The molecule has 0 bridgehead atoms. The molecule has 0 spiro atoms. The van der Waals surface area contributed by atoms with Crippen LogP contribution in [-0.2, 0) is 12.8 Å². The fourth-order valence-electron chi connectivity index (χ4n) is 4.14. The second kappa shape index (κ2) is 9.73. The van der Waals surface area contributed by atoms with Crippen LogP contribution in [0.1, 0.15) is 67.9 Å². The second-order valence-corrected chi connectivity index (χ2v) is 8.19. The molecule has 0 saturated carbocycles. The molecule has 1 radical (unpaired) electrons. The Bertz CT molecular complexity index is 846. The van der Waals surface area contributed by atoms with Crippen LogP contribution >= 0.6 is 0 Å². The molecule has 0 aliphatic heterocycles. The maximum absolute atomic E-state index is 2.38. The average Bonchev–Trinajstić information content (AvgIpc) is 2.72. The summed E-state index contributed by atoms with van der Waals surface area (Å²) in [7, 11) is 0. The van der Waals surface area contributed by atoms with E-state index in [2.05, 4.69) is 107 Å². The van der Waals surface area contributed by atoms with Gasteiger partial charge in [0.15, 0.2) is 0 Å². The lowest BCUT2D eigenvalue weighted by atomic mass is 9.76. The van der Waals surface area contributed by atoms with Gasteiger partial charge in [0.05, 0.1) is 0 Å². The quantitative estimate of drug-likeness (QED) is 0.383. The summed E-state index contributed by atoms with van der Waals surface area (Å²) in [4.78, 5) is 0. The van der Waals surface area contributed by atoms with Crippen LogP contribution in [0.2, 0.25) is 0 Å². The standard InChI is InChI=1S/C28H33/c1-5-22(4)27(20-24-15-10-7-11-16-24)26-18-12-17-25(28(26)21(2)3)19-23-13-8-6-9-14-23/h6-18,21-22H,5,19-20H2,1-4H3. The number of hydrogen-bond donors (Lipinski definition) is 0. The monoisotopic (exact) mass is 369 g/mol. The van der Waals surface area contributed by atoms with Crippen LogP contribution in [0.4, 0.5) is 0 Å². The first-order chi connectivity index (χ1) is 13.6. The molecular formula is C28H33. The lowest BCUT2D eigenvalue weighted by molar-refractivity contribution is 0.571. The Labute approximate surface area is 171 Å². The van der Waals surface area contributed by atoms with Crippen LogP contribution in [-0.4, -0.2) is 0 Å². The maximum Gasteiger partial charge on any atom is 0.0124 e. The molecular weight excluding hydrogens is 336 g/mol. The first-order valence-corrected chi connectivity index (χ1v) is 10.7. The molecule has 3 rings (SSSR count). The minimum absolute atomic E-state index is 0.504. The third-order valence-corrected chi connectivity index (χ3v) is 5.80. The molecule has 3 aromatic carbocycles. The third-order valence-electron chi connectivity index (χ3n) is 5.80. The van der Waals surface area contributed by atoms with Crippen molar-refractivity contribution in [3.63, 3.8) is 0 Å². The molecule has 0 aliphatic carbocycles. The van der Waals surface area contributed by atoms with Gasteiger partial charge in [0, 0.05) is 5.92 Å². The predicted octanol–water partition coefficient (Wildman–Crippen LogP) is 7.61. The van der Waals surface area contributed by atoms with E-state index >= 15 is 0 Å². The maximum atomic E-state index is 2.38. The predicted molar refractivity (Wildman–Crippen MR) is 122 cm³/mol. The van der Waals surface area contributed by atoms with Gasteiger partial charge in [0.1, 0.15) is 0 Å². The minimum atomic E-state index is 0.504. The van der Waals surface area contributed by atoms with Gasteiger partial charge in [-0.15, -0.1) is 0 Å². The first kappa shape index (κ1) is 20.4. The number of hydrogen-bond acceptors (Lipinski definition) is 0. The molecule has 145 valence electrons. The smallest absolute Gasteiger partial charge is 0.0124 e. The molecule has 0 heterocycles. The van der Waals surface area contributed by atoms with Gasteiger partial charge in [-0.1, -0.05) is 113 Å². The van der Waals surface area contributed by atoms with E-state index in [4.69, 9.17) is 0 Å². The SMILES string of the molecule is CCC(C)[C](Cc1ccccc1)c1cccc(Cc2ccccc2)c1C(C)C. The van der Waals surface area contributed by atoms with Crippen LogP contribution in [0.15, 0.2) is 78.9 Å². The van der Waals surface area contributed by atoms with Crippen molar-refractivity contribution in [2.45, 2.75) is 52.9 Å². The highest BCUT2D eigenvalue weighted by Crippen LogP contribution is 2.37. The van der Waals surface area contributed by atoms with E-state index < -0.39 is 0 Å². The zero-order valence-electron chi connectivity index (χ0n) is 17.8. The molecule has 0 aliphatic rings. The van der Waals surface area contributed by atoms with Crippen LogP contribution in [0, 0.1) is 11.8 Å². The average molecular weight is 370 g/mol. The first-order valence-electron chi connectivity index (χ1n) is 10.7. The molecule has 0 fully saturated rings. The fraction of sp³-hybridized carbons (Fsp3) is 0.321. The molecule has 28 heavy (non-hydrogen) atoms. The van der Waals surface area contributed by atoms with Gasteiger partial charge in [-0.2, -0.15) is 0 Å². The summed E-state index contributed by atoms with van der Waals surface area (Å²) in [5, 5.41) is 0. The van der Waals surface area contributed by atoms with Crippen LogP contribution in [0.3, 0.4) is 0 Å². The van der Waals surface area contributed by atoms with Gasteiger partial charge in [-0.25, -0.2) is 0 Å². The van der Waals surface area contributed by atoms with Crippen molar-refractivity contribution < 1.29 is 0 Å². The van der Waals surface area contributed by atoms with Gasteiger partial charge in [0.2, 0.25) is 0 Å². The van der Waals surface area contributed by atoms with Crippen molar-refractivity contribution in [3.05, 3.63) is 113 Å². The lowest BCUT2D eigenvalue weighted by Gasteiger charge is -2.28. The van der Waals surface area contributed by atoms with E-state index in [0.29, 0.717) is 11.8 Å². The van der Waals surface area contributed by atoms with Crippen molar-refractivity contribution in [1.29, 1.82) is 0 Å². The lowest BCUT2D eigenvalue weighted by Crippen LogP contribution is -2.17. The summed E-state index contributed by atoms with van der Waals surface area (Å²) < 4.78 is 0. The second-order valence-electron chi connectivity index (χ2n) is 8.19. The van der Waals surface area contributed by atoms with E-state index in [9.17, 15) is 0 Å². The third kappa shape index (κ3) is 4.93. The highest BCUT2D eigenvalue weighted by atomic mass is 14.3. The molecule has 0 amide bonds. The molecule has 0 heteroatoms. The Kier molecular flexibility index (Phi) is 7.09. The summed E-state index contributed by atoms with van der Waals surface area (Å²) in [5.74, 6) is 2.65. The van der Waals surface area contributed by atoms with Crippen molar-refractivity contribution in [2.24, 2.45) is 5.92 Å². The molecule has 3 aromatic rings. The van der Waals surface area contributed by atoms with Gasteiger partial charge in [-0.3, -0.25) is 0 Å². The molecule has 0 nitrogen and oxygen atoms in total. The summed E-state index contributed by atoms with van der Waals surface area (Å²) >= 11 is 0. The Morgan fingerprint density at radius 1 is 0.714 bits per heavy atom. The van der Waals surface area contributed by atoms with E-state index in [1.165, 1.54) is 34.2 Å². The number of benzene rings is 3. The molecule has 0 aromatic heterocycles. The zero-order chi connectivity index (χ0) is 19.9. The Hall–Kier alpha value is -2.34. The molecule has 0 N–H and O–H groups in total. The highest BCUT2D eigenvalue weighted by Gasteiger charge is 2.24. The minimum Gasteiger partial charge on any atom is -0.0651 e. The Morgan fingerprint density at radius 3 is 1.89 bits per heavy atom. The van der Waals surface area contributed by atoms with Gasteiger partial charge in [-0.05, 0) is 52.5 Å². The van der Waals surface area contributed by atoms with E-state index in [1.807, 2.05) is 0 Å². The van der Waals surface area contributed by atoms with Crippen molar-refractivity contribution in [2.75, 3.05) is 0 Å². The molecule has 0 saturated heterocycles. The zero-order valence-corrected chi connectivity index (χ0v) is 17.8. The van der Waals surface area contributed by atoms with Crippen LogP contribution in [0.5, 0.6) is 0 Å². The normalized spacial score (nSPS) is 12.5. The van der Waals surface area contributed by atoms with Gasteiger partial charge >= 0.3 is 0 Å². The molecule has 1 atom stereocenters. The summed E-state index contributed by atoms with van der Waals surface area (Å²) in [6, 6.07) is 28.7. The van der Waals surface area contributed by atoms with Crippen molar-refractivity contribution in [1.82, 2.24) is 0 Å². The fourth-order valence-corrected chi connectivity index (χ4v) is 4.14. The van der Waals surface area contributed by atoms with Crippen molar-refractivity contribution in [3.8, 4) is 0 Å². The van der Waals surface area contributed by atoms with Crippen LogP contribution in [0.25, 0.3) is 0 Å². The summed E-state index contributed by atoms with van der Waals surface area (Å²) in [5.41, 5.74) is 7.25. The van der Waals surface area contributed by atoms with Gasteiger partial charge in [0.25, 0.3) is 0 Å². The highest BCUT2D eigenvalue weighted by molar-refractivity contribution is 5.48. The Morgan fingerprint density at radius 2 is 1.32 bits per heavy atom. The topological polar surface area (TPSA) is 0 Å². The van der Waals surface area contributed by atoms with Crippen molar-refractivity contribution >= 4 is 0 Å².